The molecule has 1 heterocycles. The molecule has 0 fully saturated rings. The molecule has 6 heteroatoms. The topological polar surface area (TPSA) is 68.0 Å². The highest BCUT2D eigenvalue weighted by atomic mass is 35.5. The molecule has 114 valence electrons. The molecular formula is C15H20ClN3OS. The lowest BCUT2D eigenvalue weighted by Gasteiger charge is -2.08. The summed E-state index contributed by atoms with van der Waals surface area (Å²) in [6.07, 6.45) is 0.742. The summed E-state index contributed by atoms with van der Waals surface area (Å²) in [6, 6.07) is 10.1. The summed E-state index contributed by atoms with van der Waals surface area (Å²) in [7, 11) is 0. The Hall–Kier alpha value is -1.43. The highest BCUT2D eigenvalue weighted by Gasteiger charge is 2.10. The number of carbonyl (C=O) groups is 1. The number of halogens is 1. The maximum Gasteiger partial charge on any atom is 0.224 e. The molecule has 21 heavy (non-hydrogen) atoms. The molecule has 0 aliphatic heterocycles. The van der Waals surface area contributed by atoms with Crippen molar-refractivity contribution in [3.63, 3.8) is 0 Å². The monoisotopic (exact) mass is 325 g/mol. The minimum absolute atomic E-state index is 0. The minimum Gasteiger partial charge on any atom is -0.355 e. The number of hydrogen-bond donors (Lipinski definition) is 2. The molecule has 1 atom stereocenters. The zero-order valence-electron chi connectivity index (χ0n) is 11.9. The van der Waals surface area contributed by atoms with Crippen molar-refractivity contribution in [2.75, 3.05) is 13.1 Å². The van der Waals surface area contributed by atoms with Gasteiger partial charge < -0.3 is 11.1 Å². The Kier molecular flexibility index (Phi) is 7.36. The van der Waals surface area contributed by atoms with Crippen LogP contribution >= 0.6 is 23.7 Å². The van der Waals surface area contributed by atoms with Crippen LogP contribution in [0.3, 0.4) is 0 Å². The zero-order valence-corrected chi connectivity index (χ0v) is 13.5. The lowest BCUT2D eigenvalue weighted by atomic mass is 10.1. The Bertz CT molecular complexity index is 559. The first-order valence-electron chi connectivity index (χ1n) is 6.68. The highest BCUT2D eigenvalue weighted by molar-refractivity contribution is 7.13. The Morgan fingerprint density at radius 3 is 2.76 bits per heavy atom. The molecule has 0 radical (unpaired) electrons. The SMILES string of the molecule is CC(CN)C(=O)NCCc1csc(-c2ccccc2)n1.Cl. The van der Waals surface area contributed by atoms with Gasteiger partial charge in [0.25, 0.3) is 0 Å². The minimum atomic E-state index is -0.134. The number of nitrogens with two attached hydrogens (primary N) is 1. The van der Waals surface area contributed by atoms with Crippen molar-refractivity contribution in [2.24, 2.45) is 11.7 Å². The number of carbonyl (C=O) groups excluding carboxylic acids is 1. The van der Waals surface area contributed by atoms with Crippen LogP contribution in [-0.4, -0.2) is 24.0 Å². The van der Waals surface area contributed by atoms with Gasteiger partial charge in [-0.1, -0.05) is 37.3 Å². The summed E-state index contributed by atoms with van der Waals surface area (Å²) in [5.41, 5.74) is 7.59. The standard InChI is InChI=1S/C15H19N3OS.ClH/c1-11(9-16)14(19)17-8-7-13-10-20-15(18-13)12-5-3-2-4-6-12;/h2-6,10-11H,7-9,16H2,1H3,(H,17,19);1H. The van der Waals surface area contributed by atoms with Gasteiger partial charge >= 0.3 is 0 Å². The molecular weight excluding hydrogens is 306 g/mol. The quantitative estimate of drug-likeness (QED) is 0.857. The third kappa shape index (κ3) is 5.12. The fourth-order valence-corrected chi connectivity index (χ4v) is 2.59. The lowest BCUT2D eigenvalue weighted by Crippen LogP contribution is -2.34. The van der Waals surface area contributed by atoms with Crippen molar-refractivity contribution in [1.29, 1.82) is 0 Å². The van der Waals surface area contributed by atoms with E-state index in [1.165, 1.54) is 0 Å². The highest BCUT2D eigenvalue weighted by Crippen LogP contribution is 2.23. The van der Waals surface area contributed by atoms with E-state index in [0.29, 0.717) is 13.1 Å². The van der Waals surface area contributed by atoms with Gasteiger partial charge in [0, 0.05) is 36.4 Å². The van der Waals surface area contributed by atoms with Crippen LogP contribution < -0.4 is 11.1 Å². The molecule has 0 bridgehead atoms. The van der Waals surface area contributed by atoms with Gasteiger partial charge in [0.2, 0.25) is 5.91 Å². The Morgan fingerprint density at radius 1 is 1.38 bits per heavy atom. The first-order chi connectivity index (χ1) is 9.70. The van der Waals surface area contributed by atoms with Crippen molar-refractivity contribution in [3.05, 3.63) is 41.4 Å². The summed E-state index contributed by atoms with van der Waals surface area (Å²) in [6.45, 7) is 2.80. The Balaban J connectivity index is 0.00000220. The second kappa shape index (κ2) is 8.77. The predicted octanol–water partition coefficient (Wildman–Crippen LogP) is 2.49. The van der Waals surface area contributed by atoms with Crippen LogP contribution in [0.25, 0.3) is 10.6 Å². The second-order valence-electron chi connectivity index (χ2n) is 4.69. The molecule has 2 aromatic rings. The van der Waals surface area contributed by atoms with Gasteiger partial charge in [0.05, 0.1) is 5.69 Å². The molecule has 3 N–H and O–H groups in total. The van der Waals surface area contributed by atoms with Crippen LogP contribution in [0.4, 0.5) is 0 Å². The van der Waals surface area contributed by atoms with E-state index in [1.54, 1.807) is 11.3 Å². The smallest absolute Gasteiger partial charge is 0.224 e. The molecule has 0 aliphatic rings. The average molecular weight is 326 g/mol. The third-order valence-corrected chi connectivity index (χ3v) is 3.99. The summed E-state index contributed by atoms with van der Waals surface area (Å²) < 4.78 is 0. The van der Waals surface area contributed by atoms with Gasteiger partial charge in [0.1, 0.15) is 5.01 Å². The van der Waals surface area contributed by atoms with Crippen LogP contribution in [0.2, 0.25) is 0 Å². The number of amides is 1. The number of benzene rings is 1. The number of hydrogen-bond acceptors (Lipinski definition) is 4. The lowest BCUT2D eigenvalue weighted by molar-refractivity contribution is -0.124. The molecule has 1 aromatic carbocycles. The first-order valence-corrected chi connectivity index (χ1v) is 7.56. The van der Waals surface area contributed by atoms with Gasteiger partial charge in [0.15, 0.2) is 0 Å². The summed E-state index contributed by atoms with van der Waals surface area (Å²) in [5.74, 6) is -0.128. The normalized spacial score (nSPS) is 11.5. The van der Waals surface area contributed by atoms with Gasteiger partial charge in [-0.25, -0.2) is 4.98 Å². The molecule has 0 saturated carbocycles. The van der Waals surface area contributed by atoms with E-state index in [1.807, 2.05) is 42.6 Å². The van der Waals surface area contributed by atoms with E-state index in [2.05, 4.69) is 10.3 Å². The largest absolute Gasteiger partial charge is 0.355 e. The number of nitrogens with zero attached hydrogens (tertiary/aromatic N) is 1. The number of thiazole rings is 1. The molecule has 1 amide bonds. The molecule has 4 nitrogen and oxygen atoms in total. The van der Waals surface area contributed by atoms with Crippen molar-refractivity contribution >= 4 is 29.7 Å². The molecule has 0 saturated heterocycles. The Morgan fingerprint density at radius 2 is 2.10 bits per heavy atom. The van der Waals surface area contributed by atoms with E-state index in [9.17, 15) is 4.79 Å². The van der Waals surface area contributed by atoms with E-state index >= 15 is 0 Å². The maximum absolute atomic E-state index is 11.6. The maximum atomic E-state index is 11.6. The van der Waals surface area contributed by atoms with Crippen molar-refractivity contribution in [3.8, 4) is 10.6 Å². The second-order valence-corrected chi connectivity index (χ2v) is 5.55. The molecule has 0 aliphatic carbocycles. The van der Waals surface area contributed by atoms with Crippen LogP contribution in [0.1, 0.15) is 12.6 Å². The van der Waals surface area contributed by atoms with Crippen LogP contribution in [0.15, 0.2) is 35.7 Å². The van der Waals surface area contributed by atoms with Crippen molar-refractivity contribution in [2.45, 2.75) is 13.3 Å². The summed E-state index contributed by atoms with van der Waals surface area (Å²) >= 11 is 1.63. The summed E-state index contributed by atoms with van der Waals surface area (Å²) in [5, 5.41) is 5.94. The van der Waals surface area contributed by atoms with Gasteiger partial charge in [-0.2, -0.15) is 0 Å². The van der Waals surface area contributed by atoms with Crippen molar-refractivity contribution in [1.82, 2.24) is 10.3 Å². The van der Waals surface area contributed by atoms with Crippen LogP contribution in [-0.2, 0) is 11.2 Å². The summed E-state index contributed by atoms with van der Waals surface area (Å²) in [4.78, 5) is 16.2. The zero-order chi connectivity index (χ0) is 14.4. The van der Waals surface area contributed by atoms with Gasteiger partial charge in [-0.3, -0.25) is 4.79 Å². The van der Waals surface area contributed by atoms with Crippen LogP contribution in [0.5, 0.6) is 0 Å². The van der Waals surface area contributed by atoms with Gasteiger partial charge in [-0.05, 0) is 0 Å². The fourth-order valence-electron chi connectivity index (χ4n) is 1.73. The van der Waals surface area contributed by atoms with E-state index in [4.69, 9.17) is 5.73 Å². The number of nitrogens with one attached hydrogen (secondary N) is 1. The number of rotatable bonds is 6. The molecule has 0 spiro atoms. The third-order valence-electron chi connectivity index (χ3n) is 3.05. The van der Waals surface area contributed by atoms with E-state index in [-0.39, 0.29) is 24.2 Å². The Labute approximate surface area is 135 Å². The average Bonchev–Trinajstić information content (AvgIpc) is 2.96. The predicted molar refractivity (Wildman–Crippen MR) is 89.7 cm³/mol. The van der Waals surface area contributed by atoms with Crippen LogP contribution in [0, 0.1) is 5.92 Å². The van der Waals surface area contributed by atoms with Gasteiger partial charge in [-0.15, -0.1) is 23.7 Å². The first kappa shape index (κ1) is 17.6. The molecule has 2 rings (SSSR count). The van der Waals surface area contributed by atoms with E-state index < -0.39 is 0 Å². The van der Waals surface area contributed by atoms with E-state index in [0.717, 1.165) is 22.7 Å². The van der Waals surface area contributed by atoms with Crippen molar-refractivity contribution < 1.29 is 4.79 Å². The molecule has 1 unspecified atom stereocenters. The number of aromatic nitrogens is 1. The fraction of sp³-hybridized carbons (Fsp3) is 0.333. The molecule has 1 aromatic heterocycles.